The van der Waals surface area contributed by atoms with Crippen LogP contribution in [0.1, 0.15) is 27.8 Å². The Morgan fingerprint density at radius 1 is 0.944 bits per heavy atom. The number of sulfonamides is 1. The Bertz CT molecular complexity index is 1740. The molecule has 5 rings (SSSR count). The molecule has 2 aromatic heterocycles. The number of aryl methyl sites for hydroxylation is 3. The molecular weight excluding hydrogens is 492 g/mol. The number of H-pyrrole nitrogens is 1. The van der Waals surface area contributed by atoms with E-state index >= 15 is 0 Å². The van der Waals surface area contributed by atoms with E-state index in [4.69, 9.17) is 0 Å². The molecule has 0 atom stereocenters. The van der Waals surface area contributed by atoms with Crippen LogP contribution in [0.3, 0.4) is 0 Å². The number of hydrogen-bond acceptors (Lipinski definition) is 6. The second-order valence-electron chi connectivity index (χ2n) is 9.01. The summed E-state index contributed by atoms with van der Waals surface area (Å²) in [4.78, 5) is 16.2. The summed E-state index contributed by atoms with van der Waals surface area (Å²) in [5, 5.41) is 0.870. The number of benzene rings is 3. The molecule has 184 valence electrons. The lowest BCUT2D eigenvalue weighted by Gasteiger charge is -2.23. The van der Waals surface area contributed by atoms with Crippen LogP contribution in [0, 0.1) is 20.8 Å². The van der Waals surface area contributed by atoms with Gasteiger partial charge in [0, 0.05) is 18.7 Å². The van der Waals surface area contributed by atoms with Crippen LogP contribution in [0.5, 0.6) is 0 Å². The molecule has 36 heavy (non-hydrogen) atoms. The van der Waals surface area contributed by atoms with Crippen molar-refractivity contribution in [2.45, 2.75) is 38.6 Å². The number of fused-ring (bicyclic) bond motifs is 2. The molecule has 0 radical (unpaired) electrons. The molecule has 0 saturated heterocycles. The number of nitrogens with one attached hydrogen (secondary N) is 1. The van der Waals surface area contributed by atoms with Crippen LogP contribution in [0.25, 0.3) is 21.9 Å². The lowest BCUT2D eigenvalue weighted by Crippen LogP contribution is -2.35. The molecule has 0 aliphatic carbocycles. The van der Waals surface area contributed by atoms with Crippen molar-refractivity contribution in [1.29, 1.82) is 0 Å². The highest BCUT2D eigenvalue weighted by Gasteiger charge is 2.30. The average molecular weight is 519 g/mol. The van der Waals surface area contributed by atoms with Gasteiger partial charge in [-0.3, -0.25) is 4.79 Å². The van der Waals surface area contributed by atoms with E-state index in [1.807, 2.05) is 56.3 Å². The van der Waals surface area contributed by atoms with E-state index < -0.39 is 10.0 Å². The van der Waals surface area contributed by atoms with Crippen molar-refractivity contribution >= 4 is 43.7 Å². The van der Waals surface area contributed by atoms with Crippen molar-refractivity contribution in [2.24, 2.45) is 0 Å². The molecule has 0 aliphatic rings. The van der Waals surface area contributed by atoms with Gasteiger partial charge in [-0.15, -0.1) is 0 Å². The predicted molar refractivity (Wildman–Crippen MR) is 144 cm³/mol. The van der Waals surface area contributed by atoms with E-state index in [0.717, 1.165) is 39.3 Å². The third-order valence-electron chi connectivity index (χ3n) is 6.64. The third-order valence-corrected chi connectivity index (χ3v) is 9.21. The zero-order valence-electron chi connectivity index (χ0n) is 20.3. The number of aromatic amines is 1. The number of pyridine rings is 1. The standard InChI is InChI=1S/C27H26N4O3S2/c1-17-9-11-21-15-22(27(32)28-24(21)19(17)3)16-31(14-13-20-7-5-4-6-8-20)36(33,34)26-18(2)10-12-23-25(26)30-35-29-23/h4-12,15H,13-14,16H2,1-3H3,(H,28,32). The van der Waals surface area contributed by atoms with Crippen LogP contribution in [-0.2, 0) is 23.0 Å². The fourth-order valence-corrected chi connectivity index (χ4v) is 6.81. The van der Waals surface area contributed by atoms with Gasteiger partial charge in [-0.25, -0.2) is 8.42 Å². The quantitative estimate of drug-likeness (QED) is 0.331. The number of nitrogens with zero attached hydrogens (tertiary/aromatic N) is 3. The Kier molecular flexibility index (Phi) is 6.46. The van der Waals surface area contributed by atoms with Gasteiger partial charge in [0.2, 0.25) is 10.0 Å². The minimum Gasteiger partial charge on any atom is -0.321 e. The molecule has 9 heteroatoms. The first-order valence-corrected chi connectivity index (χ1v) is 13.8. The third kappa shape index (κ3) is 4.45. The van der Waals surface area contributed by atoms with E-state index in [0.29, 0.717) is 28.6 Å². The van der Waals surface area contributed by atoms with Gasteiger partial charge < -0.3 is 4.98 Å². The van der Waals surface area contributed by atoms with Crippen molar-refractivity contribution in [2.75, 3.05) is 6.54 Å². The average Bonchev–Trinajstić information content (AvgIpc) is 3.33. The number of aromatic nitrogens is 3. The summed E-state index contributed by atoms with van der Waals surface area (Å²) in [6.45, 7) is 5.88. The molecule has 0 saturated carbocycles. The van der Waals surface area contributed by atoms with Crippen LogP contribution in [0.4, 0.5) is 0 Å². The van der Waals surface area contributed by atoms with E-state index in [2.05, 4.69) is 13.7 Å². The minimum absolute atomic E-state index is 0.0548. The van der Waals surface area contributed by atoms with Gasteiger partial charge in [-0.2, -0.15) is 13.1 Å². The molecule has 0 amide bonds. The Balaban J connectivity index is 1.60. The number of hydrogen-bond donors (Lipinski definition) is 1. The fourth-order valence-electron chi connectivity index (χ4n) is 4.44. The van der Waals surface area contributed by atoms with Gasteiger partial charge in [0.15, 0.2) is 0 Å². The zero-order valence-corrected chi connectivity index (χ0v) is 21.9. The Hall–Kier alpha value is -3.40. The first-order chi connectivity index (χ1) is 17.3. The van der Waals surface area contributed by atoms with Crippen molar-refractivity contribution < 1.29 is 8.42 Å². The fraction of sp³-hybridized carbons (Fsp3) is 0.222. The van der Waals surface area contributed by atoms with Gasteiger partial charge in [0.05, 0.1) is 17.2 Å². The van der Waals surface area contributed by atoms with Crippen LogP contribution in [0.2, 0.25) is 0 Å². The second kappa shape index (κ2) is 9.57. The summed E-state index contributed by atoms with van der Waals surface area (Å²) in [6.07, 6.45) is 0.508. The molecule has 1 N–H and O–H groups in total. The Morgan fingerprint density at radius 2 is 1.69 bits per heavy atom. The predicted octanol–water partition coefficient (Wildman–Crippen LogP) is 4.89. The van der Waals surface area contributed by atoms with Gasteiger partial charge in [-0.1, -0.05) is 48.5 Å². The van der Waals surface area contributed by atoms with E-state index in [1.165, 1.54) is 4.31 Å². The van der Waals surface area contributed by atoms with Gasteiger partial charge >= 0.3 is 0 Å². The lowest BCUT2D eigenvalue weighted by molar-refractivity contribution is 0.408. The maximum Gasteiger partial charge on any atom is 0.252 e. The van der Waals surface area contributed by atoms with Crippen molar-refractivity contribution in [3.8, 4) is 0 Å². The molecule has 0 fully saturated rings. The maximum atomic E-state index is 14.1. The summed E-state index contributed by atoms with van der Waals surface area (Å²) in [6, 6.07) is 19.0. The van der Waals surface area contributed by atoms with Gasteiger partial charge in [0.1, 0.15) is 15.9 Å². The smallest absolute Gasteiger partial charge is 0.252 e. The monoisotopic (exact) mass is 518 g/mol. The van der Waals surface area contributed by atoms with E-state index in [-0.39, 0.29) is 23.5 Å². The highest BCUT2D eigenvalue weighted by atomic mass is 32.2. The maximum absolute atomic E-state index is 14.1. The van der Waals surface area contributed by atoms with Gasteiger partial charge in [-0.05, 0) is 67.0 Å². The summed E-state index contributed by atoms with van der Waals surface area (Å²) < 4.78 is 38.1. The van der Waals surface area contributed by atoms with E-state index in [1.54, 1.807) is 25.1 Å². The molecule has 3 aromatic carbocycles. The first kappa shape index (κ1) is 24.3. The highest BCUT2D eigenvalue weighted by Crippen LogP contribution is 2.29. The van der Waals surface area contributed by atoms with Crippen LogP contribution < -0.4 is 5.56 Å². The molecule has 0 aliphatic heterocycles. The van der Waals surface area contributed by atoms with Crippen molar-refractivity contribution in [3.05, 3.63) is 98.8 Å². The largest absolute Gasteiger partial charge is 0.321 e. The molecule has 0 spiro atoms. The van der Waals surface area contributed by atoms with Gasteiger partial charge in [0.25, 0.3) is 5.56 Å². The summed E-state index contributed by atoms with van der Waals surface area (Å²) >= 11 is 0.986. The summed E-state index contributed by atoms with van der Waals surface area (Å²) in [7, 11) is -4.00. The normalized spacial score (nSPS) is 12.1. The first-order valence-electron chi connectivity index (χ1n) is 11.6. The number of rotatable bonds is 7. The van der Waals surface area contributed by atoms with Crippen molar-refractivity contribution in [3.63, 3.8) is 0 Å². The van der Waals surface area contributed by atoms with Crippen LogP contribution >= 0.6 is 11.7 Å². The van der Waals surface area contributed by atoms with Crippen LogP contribution in [-0.4, -0.2) is 33.0 Å². The molecular formula is C27H26N4O3S2. The van der Waals surface area contributed by atoms with E-state index in [9.17, 15) is 13.2 Å². The van der Waals surface area contributed by atoms with Crippen LogP contribution in [0.15, 0.2) is 70.4 Å². The minimum atomic E-state index is -4.00. The second-order valence-corrected chi connectivity index (χ2v) is 11.4. The highest BCUT2D eigenvalue weighted by molar-refractivity contribution is 7.89. The Labute approximate surface area is 213 Å². The molecule has 0 unspecified atom stereocenters. The molecule has 0 bridgehead atoms. The molecule has 5 aromatic rings. The lowest BCUT2D eigenvalue weighted by atomic mass is 10.0. The summed E-state index contributed by atoms with van der Waals surface area (Å²) in [5.41, 5.74) is 5.48. The zero-order chi connectivity index (χ0) is 25.4. The Morgan fingerprint density at radius 3 is 2.47 bits per heavy atom. The topological polar surface area (TPSA) is 96.0 Å². The molecule has 7 nitrogen and oxygen atoms in total. The summed E-state index contributed by atoms with van der Waals surface area (Å²) in [5.74, 6) is 0. The molecule has 2 heterocycles. The van der Waals surface area contributed by atoms with Crippen molar-refractivity contribution in [1.82, 2.24) is 18.0 Å². The SMILES string of the molecule is Cc1ccc2nsnc2c1S(=O)(=O)N(CCc1ccccc1)Cc1cc2ccc(C)c(C)c2[nH]c1=O.